The number of nitrogens with one attached hydrogen (secondary N) is 1. The molecule has 0 aliphatic carbocycles. The highest BCUT2D eigenvalue weighted by Crippen LogP contribution is 2.27. The lowest BCUT2D eigenvalue weighted by Gasteiger charge is -2.18. The highest BCUT2D eigenvalue weighted by Gasteiger charge is 2.20. The van der Waals surface area contributed by atoms with Gasteiger partial charge >= 0.3 is 0 Å². The third-order valence-corrected chi connectivity index (χ3v) is 3.42. The third-order valence-electron chi connectivity index (χ3n) is 3.42. The maximum atomic E-state index is 4.48. The zero-order chi connectivity index (χ0) is 12.4. The van der Waals surface area contributed by atoms with Gasteiger partial charge in [-0.15, -0.1) is 0 Å². The van der Waals surface area contributed by atoms with Gasteiger partial charge in [-0.05, 0) is 42.3 Å². The van der Waals surface area contributed by atoms with Crippen LogP contribution in [-0.2, 0) is 13.0 Å². The van der Waals surface area contributed by atoms with Crippen molar-refractivity contribution in [2.45, 2.75) is 58.9 Å². The number of hydrogen-bond acceptors (Lipinski definition) is 3. The Bertz CT molecular complexity index is 360. The van der Waals surface area contributed by atoms with Crippen LogP contribution in [-0.4, -0.2) is 16.7 Å². The molecule has 1 aromatic rings. The molecule has 0 aromatic carbocycles. The van der Waals surface area contributed by atoms with Crippen LogP contribution in [0.15, 0.2) is 0 Å². The lowest BCUT2D eigenvalue weighted by atomic mass is 9.93. The molecule has 1 aromatic heterocycles. The number of fused-ring (bicyclic) bond motifs is 1. The molecule has 17 heavy (non-hydrogen) atoms. The Morgan fingerprint density at radius 2 is 1.53 bits per heavy atom. The van der Waals surface area contributed by atoms with Gasteiger partial charge in [0.1, 0.15) is 0 Å². The van der Waals surface area contributed by atoms with E-state index in [1.54, 1.807) is 0 Å². The van der Waals surface area contributed by atoms with Crippen LogP contribution >= 0.6 is 0 Å². The van der Waals surface area contributed by atoms with Gasteiger partial charge < -0.3 is 5.32 Å². The number of rotatable bonds is 2. The quantitative estimate of drug-likeness (QED) is 0.853. The molecule has 0 spiro atoms. The minimum atomic E-state index is 0.456. The SMILES string of the molecule is CC(C)c1nnc(C(C)C)c2c1CCCNC2. The predicted octanol–water partition coefficient (Wildman–Crippen LogP) is 2.76. The van der Waals surface area contributed by atoms with Crippen molar-refractivity contribution in [3.63, 3.8) is 0 Å². The fourth-order valence-electron chi connectivity index (χ4n) is 2.55. The highest BCUT2D eigenvalue weighted by molar-refractivity contribution is 5.36. The topological polar surface area (TPSA) is 37.8 Å². The molecule has 1 aliphatic rings. The van der Waals surface area contributed by atoms with Gasteiger partial charge in [0, 0.05) is 6.54 Å². The van der Waals surface area contributed by atoms with Crippen molar-refractivity contribution in [1.82, 2.24) is 15.5 Å². The second kappa shape index (κ2) is 5.13. The first-order valence-electron chi connectivity index (χ1n) is 6.70. The predicted molar refractivity (Wildman–Crippen MR) is 70.2 cm³/mol. The molecule has 0 bridgehead atoms. The molecule has 0 fully saturated rings. The van der Waals surface area contributed by atoms with E-state index in [9.17, 15) is 0 Å². The summed E-state index contributed by atoms with van der Waals surface area (Å²) in [6.07, 6.45) is 2.35. The van der Waals surface area contributed by atoms with Crippen LogP contribution in [0.3, 0.4) is 0 Å². The smallest absolute Gasteiger partial charge is 0.0704 e. The second-order valence-corrected chi connectivity index (χ2v) is 5.52. The number of aromatic nitrogens is 2. The average molecular weight is 233 g/mol. The summed E-state index contributed by atoms with van der Waals surface area (Å²) >= 11 is 0. The fraction of sp³-hybridized carbons (Fsp3) is 0.714. The van der Waals surface area contributed by atoms with Gasteiger partial charge in [-0.25, -0.2) is 0 Å². The van der Waals surface area contributed by atoms with E-state index in [-0.39, 0.29) is 0 Å². The summed E-state index contributed by atoms with van der Waals surface area (Å²) in [6, 6.07) is 0. The van der Waals surface area contributed by atoms with Crippen LogP contribution in [0.2, 0.25) is 0 Å². The average Bonchev–Trinajstić information content (AvgIpc) is 2.52. The zero-order valence-corrected chi connectivity index (χ0v) is 11.4. The zero-order valence-electron chi connectivity index (χ0n) is 11.4. The van der Waals surface area contributed by atoms with Crippen LogP contribution in [0.5, 0.6) is 0 Å². The Balaban J connectivity index is 2.54. The van der Waals surface area contributed by atoms with Crippen molar-refractivity contribution in [2.75, 3.05) is 6.54 Å². The molecule has 3 heteroatoms. The van der Waals surface area contributed by atoms with Crippen molar-refractivity contribution >= 4 is 0 Å². The summed E-state index contributed by atoms with van der Waals surface area (Å²) in [5.74, 6) is 0.924. The summed E-state index contributed by atoms with van der Waals surface area (Å²) in [5, 5.41) is 12.4. The van der Waals surface area contributed by atoms with Crippen molar-refractivity contribution < 1.29 is 0 Å². The summed E-state index contributed by atoms with van der Waals surface area (Å²) in [6.45, 7) is 10.9. The van der Waals surface area contributed by atoms with Gasteiger partial charge in [0.15, 0.2) is 0 Å². The maximum absolute atomic E-state index is 4.48. The molecular weight excluding hydrogens is 210 g/mol. The number of hydrogen-bond donors (Lipinski definition) is 1. The molecule has 94 valence electrons. The standard InChI is InChI=1S/C14H23N3/c1-9(2)13-11-6-5-7-15-8-12(11)14(10(3)4)17-16-13/h9-10,15H,5-8H2,1-4H3. The molecule has 0 amide bonds. The maximum Gasteiger partial charge on any atom is 0.0704 e. The largest absolute Gasteiger partial charge is 0.313 e. The van der Waals surface area contributed by atoms with E-state index in [1.807, 2.05) is 0 Å². The lowest BCUT2D eigenvalue weighted by Crippen LogP contribution is -2.16. The number of nitrogens with zero attached hydrogens (tertiary/aromatic N) is 2. The first-order chi connectivity index (χ1) is 8.11. The molecule has 2 rings (SSSR count). The van der Waals surface area contributed by atoms with Crippen LogP contribution in [0.25, 0.3) is 0 Å². The van der Waals surface area contributed by atoms with E-state index in [4.69, 9.17) is 0 Å². The van der Waals surface area contributed by atoms with Crippen molar-refractivity contribution in [2.24, 2.45) is 0 Å². The third kappa shape index (κ3) is 2.49. The Hall–Kier alpha value is -0.960. The molecule has 0 saturated carbocycles. The summed E-state index contributed by atoms with van der Waals surface area (Å²) in [7, 11) is 0. The summed E-state index contributed by atoms with van der Waals surface area (Å²) in [4.78, 5) is 0. The van der Waals surface area contributed by atoms with Gasteiger partial charge in [0.05, 0.1) is 11.4 Å². The van der Waals surface area contributed by atoms with E-state index >= 15 is 0 Å². The van der Waals surface area contributed by atoms with Crippen LogP contribution in [0, 0.1) is 0 Å². The van der Waals surface area contributed by atoms with Crippen LogP contribution in [0.1, 0.15) is 68.5 Å². The van der Waals surface area contributed by atoms with E-state index in [0.717, 1.165) is 19.5 Å². The molecule has 0 radical (unpaired) electrons. The Morgan fingerprint density at radius 1 is 0.941 bits per heavy atom. The molecule has 0 saturated heterocycles. The molecule has 0 unspecified atom stereocenters. The summed E-state index contributed by atoms with van der Waals surface area (Å²) in [5.41, 5.74) is 5.26. The van der Waals surface area contributed by atoms with E-state index in [2.05, 4.69) is 43.2 Å². The van der Waals surface area contributed by atoms with Gasteiger partial charge in [-0.1, -0.05) is 27.7 Å². The Morgan fingerprint density at radius 3 is 2.12 bits per heavy atom. The second-order valence-electron chi connectivity index (χ2n) is 5.52. The van der Waals surface area contributed by atoms with E-state index in [1.165, 1.54) is 28.9 Å². The fourth-order valence-corrected chi connectivity index (χ4v) is 2.55. The summed E-state index contributed by atoms with van der Waals surface area (Å²) < 4.78 is 0. The van der Waals surface area contributed by atoms with Gasteiger partial charge in [0.2, 0.25) is 0 Å². The highest BCUT2D eigenvalue weighted by atomic mass is 15.1. The van der Waals surface area contributed by atoms with Gasteiger partial charge in [0.25, 0.3) is 0 Å². The molecular formula is C14H23N3. The van der Waals surface area contributed by atoms with Crippen LogP contribution in [0.4, 0.5) is 0 Å². The van der Waals surface area contributed by atoms with Crippen molar-refractivity contribution in [3.8, 4) is 0 Å². The van der Waals surface area contributed by atoms with Gasteiger partial charge in [-0.3, -0.25) is 0 Å². The normalized spacial score (nSPS) is 16.1. The minimum absolute atomic E-state index is 0.456. The van der Waals surface area contributed by atoms with Gasteiger partial charge in [-0.2, -0.15) is 10.2 Å². The molecule has 3 nitrogen and oxygen atoms in total. The molecule has 1 aliphatic heterocycles. The Labute approximate surface area is 104 Å². The molecule has 0 atom stereocenters. The molecule has 2 heterocycles. The Kier molecular flexibility index (Phi) is 3.77. The van der Waals surface area contributed by atoms with Crippen molar-refractivity contribution in [3.05, 3.63) is 22.5 Å². The first-order valence-corrected chi connectivity index (χ1v) is 6.70. The van der Waals surface area contributed by atoms with E-state index < -0.39 is 0 Å². The van der Waals surface area contributed by atoms with Crippen LogP contribution < -0.4 is 5.32 Å². The molecule has 1 N–H and O–H groups in total. The first kappa shape index (κ1) is 12.5. The lowest BCUT2D eigenvalue weighted by molar-refractivity contribution is 0.667. The minimum Gasteiger partial charge on any atom is -0.313 e. The van der Waals surface area contributed by atoms with E-state index in [0.29, 0.717) is 11.8 Å². The van der Waals surface area contributed by atoms with Crippen molar-refractivity contribution in [1.29, 1.82) is 0 Å². The monoisotopic (exact) mass is 233 g/mol.